The van der Waals surface area contributed by atoms with Crippen LogP contribution in [-0.4, -0.2) is 21.5 Å². The van der Waals surface area contributed by atoms with Crippen LogP contribution in [0.4, 0.5) is 0 Å². The molecule has 0 bridgehead atoms. The van der Waals surface area contributed by atoms with Crippen molar-refractivity contribution in [3.8, 4) is 5.88 Å². The molecule has 0 saturated heterocycles. The zero-order valence-electron chi connectivity index (χ0n) is 11.9. The van der Waals surface area contributed by atoms with Crippen molar-refractivity contribution in [3.63, 3.8) is 0 Å². The molecule has 1 atom stereocenters. The quantitative estimate of drug-likeness (QED) is 0.602. The van der Waals surface area contributed by atoms with E-state index in [2.05, 4.69) is 15.6 Å². The summed E-state index contributed by atoms with van der Waals surface area (Å²) < 4.78 is 1.26. The summed E-state index contributed by atoms with van der Waals surface area (Å²) in [6.07, 6.45) is 0.251. The third-order valence-electron chi connectivity index (χ3n) is 3.21. The van der Waals surface area contributed by atoms with Crippen molar-refractivity contribution >= 4 is 11.7 Å². The van der Waals surface area contributed by atoms with Gasteiger partial charge < -0.3 is 5.11 Å². The van der Waals surface area contributed by atoms with E-state index in [-0.39, 0.29) is 53.7 Å². The number of hydrazone groups is 1. The van der Waals surface area contributed by atoms with Crippen molar-refractivity contribution in [1.82, 2.24) is 15.2 Å². The maximum Gasteiger partial charge on any atom is 1.00 e. The molecular weight excluding hydrogens is 279 g/mol. The van der Waals surface area contributed by atoms with Gasteiger partial charge >= 0.3 is 29.6 Å². The summed E-state index contributed by atoms with van der Waals surface area (Å²) in [6.45, 7) is 1.75. The Balaban J connectivity index is 0.00000161. The minimum atomic E-state index is -0.267. The van der Waals surface area contributed by atoms with Crippen molar-refractivity contribution in [3.05, 3.63) is 47.7 Å². The Morgan fingerprint density at radius 1 is 1.33 bits per heavy atom. The monoisotopic (exact) mass is 292 g/mol. The van der Waals surface area contributed by atoms with Crippen molar-refractivity contribution in [2.24, 2.45) is 5.10 Å². The third kappa shape index (κ3) is 3.18. The van der Waals surface area contributed by atoms with Gasteiger partial charge in [-0.3, -0.25) is 4.79 Å². The van der Waals surface area contributed by atoms with E-state index in [4.69, 9.17) is 0 Å². The maximum absolute atomic E-state index is 11.9. The van der Waals surface area contributed by atoms with E-state index >= 15 is 0 Å². The van der Waals surface area contributed by atoms with Gasteiger partial charge in [-0.05, 0) is 24.4 Å². The first-order valence-electron chi connectivity index (χ1n) is 6.30. The van der Waals surface area contributed by atoms with Crippen LogP contribution in [0.5, 0.6) is 5.88 Å². The summed E-state index contributed by atoms with van der Waals surface area (Å²) in [6, 6.07) is 11.0. The molecule has 1 aromatic carbocycles. The Bertz CT molecular complexity index is 682. The first-order valence-corrected chi connectivity index (χ1v) is 6.30. The maximum atomic E-state index is 11.9. The Morgan fingerprint density at radius 2 is 2.05 bits per heavy atom. The second kappa shape index (κ2) is 6.43. The molecule has 0 spiro atoms. The van der Waals surface area contributed by atoms with Gasteiger partial charge in [0.25, 0.3) is 0 Å². The van der Waals surface area contributed by atoms with Crippen LogP contribution in [0.3, 0.4) is 0 Å². The van der Waals surface area contributed by atoms with E-state index in [0.717, 1.165) is 5.56 Å². The minimum Gasteiger partial charge on any atom is -0.858 e. The topological polar surface area (TPSA) is 82.3 Å². The third-order valence-corrected chi connectivity index (χ3v) is 3.21. The van der Waals surface area contributed by atoms with Gasteiger partial charge in [0, 0.05) is 6.42 Å². The van der Waals surface area contributed by atoms with Crippen LogP contribution < -0.4 is 40.1 Å². The molecule has 1 aromatic heterocycles. The number of aromatic nitrogens is 2. The zero-order chi connectivity index (χ0) is 14.1. The van der Waals surface area contributed by atoms with Gasteiger partial charge in [-0.15, -0.1) is 0 Å². The molecule has 0 aliphatic carbocycles. The molecule has 21 heavy (non-hydrogen) atoms. The molecule has 2 aromatic rings. The number of amides is 1. The predicted molar refractivity (Wildman–Crippen MR) is 71.2 cm³/mol. The van der Waals surface area contributed by atoms with E-state index in [1.165, 1.54) is 10.7 Å². The Labute approximate surface area is 144 Å². The SMILES string of the molecule is Cc1cc([O-])n(C2=NNC(=O)CC2c2ccccc2)n1.[Na+]. The predicted octanol–water partition coefficient (Wildman–Crippen LogP) is -2.27. The Hall–Kier alpha value is -1.63. The second-order valence-corrected chi connectivity index (χ2v) is 4.71. The summed E-state index contributed by atoms with van der Waals surface area (Å²) >= 11 is 0. The van der Waals surface area contributed by atoms with Crippen LogP contribution in [-0.2, 0) is 4.79 Å². The molecule has 1 unspecified atom stereocenters. The first-order chi connectivity index (χ1) is 9.65. The number of benzene rings is 1. The molecule has 6 nitrogen and oxygen atoms in total. The summed E-state index contributed by atoms with van der Waals surface area (Å²) in [5.41, 5.74) is 3.98. The standard InChI is InChI=1S/C14H14N4O2.Na/c1-9-7-13(20)18(17-9)14-11(8-12(19)15-16-14)10-5-3-2-4-6-10;/h2-7,11,20H,8H2,1H3,(H,15,19);/q;+1/p-1. The van der Waals surface area contributed by atoms with Crippen molar-refractivity contribution in [1.29, 1.82) is 0 Å². The Kier molecular flexibility index (Phi) is 4.82. The molecule has 1 amide bonds. The molecule has 1 aliphatic rings. The van der Waals surface area contributed by atoms with E-state index in [1.54, 1.807) is 6.92 Å². The first kappa shape index (κ1) is 15.8. The van der Waals surface area contributed by atoms with Gasteiger partial charge in [-0.25, -0.2) is 10.1 Å². The minimum absolute atomic E-state index is 0. The fraction of sp³-hybridized carbons (Fsp3) is 0.214. The van der Waals surface area contributed by atoms with E-state index < -0.39 is 0 Å². The average Bonchev–Trinajstić information content (AvgIpc) is 2.78. The molecule has 0 radical (unpaired) electrons. The number of carbonyl (C=O) groups is 1. The number of nitrogens with zero attached hydrogens (tertiary/aromatic N) is 3. The summed E-state index contributed by atoms with van der Waals surface area (Å²) in [5, 5.41) is 20.1. The number of rotatable bonds is 1. The molecule has 0 saturated carbocycles. The fourth-order valence-electron chi connectivity index (χ4n) is 2.31. The van der Waals surface area contributed by atoms with Gasteiger partial charge in [0.1, 0.15) is 0 Å². The average molecular weight is 292 g/mol. The van der Waals surface area contributed by atoms with E-state index in [0.29, 0.717) is 11.5 Å². The number of hydrogen-bond donors (Lipinski definition) is 1. The largest absolute Gasteiger partial charge is 1.00 e. The number of nitrogens with one attached hydrogen (secondary N) is 1. The van der Waals surface area contributed by atoms with E-state index in [1.807, 2.05) is 30.3 Å². The van der Waals surface area contributed by atoms with Crippen molar-refractivity contribution in [2.45, 2.75) is 19.3 Å². The fourth-order valence-corrected chi connectivity index (χ4v) is 2.31. The number of aryl methyl sites for hydroxylation is 1. The normalized spacial score (nSPS) is 17.7. The molecule has 1 aliphatic heterocycles. The van der Waals surface area contributed by atoms with E-state index in [9.17, 15) is 9.90 Å². The van der Waals surface area contributed by atoms with Gasteiger partial charge in [0.05, 0.1) is 11.6 Å². The van der Waals surface area contributed by atoms with Crippen LogP contribution in [0, 0.1) is 6.92 Å². The zero-order valence-corrected chi connectivity index (χ0v) is 13.9. The smallest absolute Gasteiger partial charge is 0.858 e. The molecule has 2 heterocycles. The van der Waals surface area contributed by atoms with Crippen molar-refractivity contribution < 1.29 is 39.5 Å². The summed E-state index contributed by atoms with van der Waals surface area (Å²) in [7, 11) is 0. The molecule has 1 N–H and O–H groups in total. The summed E-state index contributed by atoms with van der Waals surface area (Å²) in [4.78, 5) is 11.6. The van der Waals surface area contributed by atoms with Gasteiger partial charge in [0.15, 0.2) is 5.84 Å². The molecule has 3 rings (SSSR count). The number of hydrogen-bond acceptors (Lipinski definition) is 4. The van der Waals surface area contributed by atoms with Crippen LogP contribution in [0.25, 0.3) is 0 Å². The van der Waals surface area contributed by atoms with Crippen LogP contribution in [0.2, 0.25) is 0 Å². The van der Waals surface area contributed by atoms with Crippen LogP contribution in [0.15, 0.2) is 41.5 Å². The molecule has 102 valence electrons. The van der Waals surface area contributed by atoms with Gasteiger partial charge in [-0.2, -0.15) is 10.2 Å². The van der Waals surface area contributed by atoms with Crippen molar-refractivity contribution in [2.75, 3.05) is 0 Å². The van der Waals surface area contributed by atoms with Crippen LogP contribution in [0.1, 0.15) is 23.6 Å². The molecule has 0 fully saturated rings. The van der Waals surface area contributed by atoms with Gasteiger partial charge in [-0.1, -0.05) is 30.3 Å². The number of carbonyl (C=O) groups excluding carboxylic acids is 1. The van der Waals surface area contributed by atoms with Gasteiger partial charge in [0.2, 0.25) is 5.91 Å². The van der Waals surface area contributed by atoms with Crippen LogP contribution >= 0.6 is 0 Å². The Morgan fingerprint density at radius 3 is 2.67 bits per heavy atom. The second-order valence-electron chi connectivity index (χ2n) is 4.71. The molecular formula is C14H13N4NaO2. The molecule has 7 heteroatoms. The summed E-state index contributed by atoms with van der Waals surface area (Å²) in [5.74, 6) is -0.219.